The molecule has 3 unspecified atom stereocenters. The molecule has 20 heavy (non-hydrogen) atoms. The molecular formula is C14H20BrN3O2. The van der Waals surface area contributed by atoms with E-state index in [1.165, 1.54) is 0 Å². The van der Waals surface area contributed by atoms with Gasteiger partial charge in [0, 0.05) is 17.1 Å². The zero-order valence-corrected chi connectivity index (χ0v) is 13.0. The predicted octanol–water partition coefficient (Wildman–Crippen LogP) is 1.02. The molecule has 3 atom stereocenters. The van der Waals surface area contributed by atoms with Crippen molar-refractivity contribution in [2.75, 3.05) is 19.8 Å². The van der Waals surface area contributed by atoms with E-state index in [9.17, 15) is 4.79 Å². The summed E-state index contributed by atoms with van der Waals surface area (Å²) in [6.45, 7) is 3.50. The van der Waals surface area contributed by atoms with Crippen LogP contribution >= 0.6 is 15.9 Å². The highest BCUT2D eigenvalue weighted by molar-refractivity contribution is 9.10. The van der Waals surface area contributed by atoms with Crippen LogP contribution < -0.4 is 11.5 Å². The normalized spacial score (nSPS) is 23.2. The van der Waals surface area contributed by atoms with Crippen LogP contribution in [0.1, 0.15) is 18.5 Å². The number of ether oxygens (including phenoxy) is 1. The Morgan fingerprint density at radius 2 is 2.30 bits per heavy atom. The SMILES string of the molecule is CC(N)C(c1cccc(Br)c1)N1CCOCC1C(N)=O. The summed E-state index contributed by atoms with van der Waals surface area (Å²) in [7, 11) is 0. The largest absolute Gasteiger partial charge is 0.378 e. The molecule has 1 saturated heterocycles. The molecule has 1 heterocycles. The molecule has 0 aliphatic carbocycles. The fourth-order valence-electron chi connectivity index (χ4n) is 2.68. The van der Waals surface area contributed by atoms with Crippen LogP contribution in [0.25, 0.3) is 0 Å². The number of amides is 1. The highest BCUT2D eigenvalue weighted by atomic mass is 79.9. The van der Waals surface area contributed by atoms with Gasteiger partial charge in [-0.3, -0.25) is 9.69 Å². The van der Waals surface area contributed by atoms with Crippen LogP contribution in [0.2, 0.25) is 0 Å². The quantitative estimate of drug-likeness (QED) is 0.856. The van der Waals surface area contributed by atoms with Gasteiger partial charge in [0.15, 0.2) is 0 Å². The average molecular weight is 342 g/mol. The van der Waals surface area contributed by atoms with Crippen molar-refractivity contribution in [3.63, 3.8) is 0 Å². The first kappa shape index (κ1) is 15.4. The molecule has 0 saturated carbocycles. The number of benzene rings is 1. The predicted molar refractivity (Wildman–Crippen MR) is 81.0 cm³/mol. The lowest BCUT2D eigenvalue weighted by Crippen LogP contribution is -2.56. The molecule has 2 rings (SSSR count). The van der Waals surface area contributed by atoms with Crippen LogP contribution in [0.3, 0.4) is 0 Å². The lowest BCUT2D eigenvalue weighted by molar-refractivity contribution is -0.131. The Labute approximate surface area is 127 Å². The Morgan fingerprint density at radius 1 is 1.55 bits per heavy atom. The molecule has 1 aliphatic heterocycles. The Kier molecular flexibility index (Phi) is 5.15. The number of hydrogen-bond acceptors (Lipinski definition) is 4. The summed E-state index contributed by atoms with van der Waals surface area (Å²) in [6, 6.07) is 7.37. The minimum Gasteiger partial charge on any atom is -0.378 e. The summed E-state index contributed by atoms with van der Waals surface area (Å²) < 4.78 is 6.36. The molecule has 0 spiro atoms. The number of rotatable bonds is 4. The van der Waals surface area contributed by atoms with E-state index >= 15 is 0 Å². The molecule has 1 fully saturated rings. The molecule has 4 N–H and O–H groups in total. The molecule has 6 heteroatoms. The number of carbonyl (C=O) groups is 1. The van der Waals surface area contributed by atoms with Gasteiger partial charge in [-0.15, -0.1) is 0 Å². The number of nitrogens with zero attached hydrogens (tertiary/aromatic N) is 1. The van der Waals surface area contributed by atoms with E-state index in [1.54, 1.807) is 0 Å². The average Bonchev–Trinajstić information content (AvgIpc) is 2.39. The van der Waals surface area contributed by atoms with Crippen LogP contribution in [0.15, 0.2) is 28.7 Å². The number of halogens is 1. The highest BCUT2D eigenvalue weighted by Gasteiger charge is 2.35. The highest BCUT2D eigenvalue weighted by Crippen LogP contribution is 2.29. The van der Waals surface area contributed by atoms with E-state index in [-0.39, 0.29) is 18.0 Å². The van der Waals surface area contributed by atoms with Crippen molar-refractivity contribution in [2.24, 2.45) is 11.5 Å². The molecule has 1 aliphatic rings. The minimum atomic E-state index is -0.432. The lowest BCUT2D eigenvalue weighted by Gasteiger charge is -2.41. The van der Waals surface area contributed by atoms with Crippen molar-refractivity contribution in [1.29, 1.82) is 0 Å². The fourth-order valence-corrected chi connectivity index (χ4v) is 3.10. The van der Waals surface area contributed by atoms with Gasteiger partial charge in [0.2, 0.25) is 5.91 Å². The van der Waals surface area contributed by atoms with Crippen LogP contribution in [0.5, 0.6) is 0 Å². The van der Waals surface area contributed by atoms with Gasteiger partial charge < -0.3 is 16.2 Å². The first-order valence-corrected chi connectivity index (χ1v) is 7.44. The van der Waals surface area contributed by atoms with Crippen LogP contribution in [0, 0.1) is 0 Å². The summed E-state index contributed by atoms with van der Waals surface area (Å²) in [5, 5.41) is 0. The van der Waals surface area contributed by atoms with E-state index in [1.807, 2.05) is 31.2 Å². The number of carbonyl (C=O) groups excluding carboxylic acids is 1. The van der Waals surface area contributed by atoms with E-state index in [0.29, 0.717) is 19.8 Å². The Balaban J connectivity index is 2.34. The van der Waals surface area contributed by atoms with Crippen molar-refractivity contribution < 1.29 is 9.53 Å². The van der Waals surface area contributed by atoms with Gasteiger partial charge in [0.05, 0.1) is 19.3 Å². The minimum absolute atomic E-state index is 0.0612. The third-order valence-electron chi connectivity index (χ3n) is 3.54. The molecule has 5 nitrogen and oxygen atoms in total. The van der Waals surface area contributed by atoms with Gasteiger partial charge >= 0.3 is 0 Å². The van der Waals surface area contributed by atoms with Gasteiger partial charge in [-0.1, -0.05) is 28.1 Å². The second-order valence-corrected chi connectivity index (χ2v) is 6.01. The van der Waals surface area contributed by atoms with Crippen molar-refractivity contribution in [3.05, 3.63) is 34.3 Å². The summed E-state index contributed by atoms with van der Waals surface area (Å²) in [5.74, 6) is -0.370. The summed E-state index contributed by atoms with van der Waals surface area (Å²) in [4.78, 5) is 13.7. The van der Waals surface area contributed by atoms with Crippen molar-refractivity contribution in [1.82, 2.24) is 4.90 Å². The smallest absolute Gasteiger partial charge is 0.237 e. The molecule has 0 bridgehead atoms. The van der Waals surface area contributed by atoms with Crippen LogP contribution in [-0.4, -0.2) is 42.6 Å². The van der Waals surface area contributed by atoms with Crippen molar-refractivity contribution >= 4 is 21.8 Å². The first-order chi connectivity index (χ1) is 9.50. The van der Waals surface area contributed by atoms with Gasteiger partial charge in [-0.2, -0.15) is 0 Å². The number of nitrogens with two attached hydrogens (primary N) is 2. The molecule has 0 aromatic heterocycles. The first-order valence-electron chi connectivity index (χ1n) is 6.64. The van der Waals surface area contributed by atoms with Crippen molar-refractivity contribution in [2.45, 2.75) is 25.0 Å². The molecule has 1 amide bonds. The zero-order chi connectivity index (χ0) is 14.7. The van der Waals surface area contributed by atoms with Gasteiger partial charge in [0.1, 0.15) is 6.04 Å². The Hall–Kier alpha value is -0.950. The van der Waals surface area contributed by atoms with E-state index in [4.69, 9.17) is 16.2 Å². The third kappa shape index (κ3) is 3.38. The second kappa shape index (κ2) is 6.67. The lowest BCUT2D eigenvalue weighted by atomic mass is 9.97. The summed E-state index contributed by atoms with van der Waals surface area (Å²) in [5.41, 5.74) is 12.7. The summed E-state index contributed by atoms with van der Waals surface area (Å²) in [6.07, 6.45) is 0. The fraction of sp³-hybridized carbons (Fsp3) is 0.500. The maximum Gasteiger partial charge on any atom is 0.237 e. The maximum absolute atomic E-state index is 11.6. The standard InChI is InChI=1S/C14H20BrN3O2/c1-9(16)13(10-3-2-4-11(15)7-10)18-5-6-20-8-12(18)14(17)19/h2-4,7,9,12-13H,5-6,8,16H2,1H3,(H2,17,19). The Morgan fingerprint density at radius 3 is 2.90 bits per heavy atom. The number of hydrogen-bond donors (Lipinski definition) is 2. The second-order valence-electron chi connectivity index (χ2n) is 5.09. The van der Waals surface area contributed by atoms with Crippen LogP contribution in [-0.2, 0) is 9.53 Å². The zero-order valence-electron chi connectivity index (χ0n) is 11.5. The van der Waals surface area contributed by atoms with E-state index in [0.717, 1.165) is 10.0 Å². The maximum atomic E-state index is 11.6. The third-order valence-corrected chi connectivity index (χ3v) is 4.04. The van der Waals surface area contributed by atoms with E-state index in [2.05, 4.69) is 20.8 Å². The van der Waals surface area contributed by atoms with Crippen molar-refractivity contribution in [3.8, 4) is 0 Å². The summed E-state index contributed by atoms with van der Waals surface area (Å²) >= 11 is 3.47. The number of primary amides is 1. The van der Waals surface area contributed by atoms with E-state index < -0.39 is 6.04 Å². The van der Waals surface area contributed by atoms with Gasteiger partial charge in [0.25, 0.3) is 0 Å². The molecule has 110 valence electrons. The number of morpholine rings is 1. The molecular weight excluding hydrogens is 322 g/mol. The molecule has 0 radical (unpaired) electrons. The Bertz CT molecular complexity index is 481. The molecule has 1 aromatic rings. The van der Waals surface area contributed by atoms with Crippen LogP contribution in [0.4, 0.5) is 0 Å². The topological polar surface area (TPSA) is 81.6 Å². The van der Waals surface area contributed by atoms with Gasteiger partial charge in [-0.25, -0.2) is 0 Å². The van der Waals surface area contributed by atoms with Gasteiger partial charge in [-0.05, 0) is 24.6 Å². The monoisotopic (exact) mass is 341 g/mol. The molecule has 1 aromatic carbocycles.